The van der Waals surface area contributed by atoms with Gasteiger partial charge in [-0.3, -0.25) is 9.78 Å². The highest BCUT2D eigenvalue weighted by atomic mass is 35.5. The minimum Gasteiger partial charge on any atom is -0.493 e. The number of methoxy groups -OCH3 is 1. The molecule has 3 aromatic carbocycles. The quantitative estimate of drug-likeness (QED) is 0.123. The summed E-state index contributed by atoms with van der Waals surface area (Å²) in [6.07, 6.45) is 4.23. The number of nitriles is 1. The van der Waals surface area contributed by atoms with Crippen LogP contribution in [0.5, 0.6) is 28.7 Å². The summed E-state index contributed by atoms with van der Waals surface area (Å²) < 4.78 is 23.7. The highest BCUT2D eigenvalue weighted by Crippen LogP contribution is 2.38. The van der Waals surface area contributed by atoms with E-state index in [1.165, 1.54) is 6.20 Å². The number of nitrogens with zero attached hydrogens (tertiary/aromatic N) is 2. The number of ether oxygens (including phenoxy) is 4. The Labute approximate surface area is 255 Å². The molecular weight excluding hydrogens is 568 g/mol. The Morgan fingerprint density at radius 2 is 1.81 bits per heavy atom. The van der Waals surface area contributed by atoms with Crippen LogP contribution in [0.3, 0.4) is 0 Å². The molecule has 0 saturated heterocycles. The molecular formula is C33H33ClN4O5. The zero-order chi connectivity index (χ0) is 30.4. The standard InChI is InChI=1S/C33H33ClN4O5/c1-33(2,32(39)38-23-9-10-23)43-28-8-5-4-7-27(28)42-24-13-11-22(12-14-24)37-31-21(19-35)20-36-26-18-30(41-16-6-15-34)29(40-3)17-25(26)31/h4-5,7-8,11-14,17-18,20,23H,6,9-10,15-16H2,1-3H3,(H,36,37)(H,38,39). The van der Waals surface area contributed by atoms with E-state index in [0.717, 1.165) is 18.5 Å². The number of carbonyl (C=O) groups is 1. The SMILES string of the molecule is COc1cc2c(Nc3ccc(Oc4ccccc4OC(C)(C)C(=O)NC4CC4)cc3)c(C#N)cnc2cc1OCCCCl. The van der Waals surface area contributed by atoms with Crippen LogP contribution < -0.4 is 29.6 Å². The van der Waals surface area contributed by atoms with Crippen LogP contribution in [0, 0.1) is 11.3 Å². The van der Waals surface area contributed by atoms with E-state index in [2.05, 4.69) is 21.7 Å². The minimum absolute atomic E-state index is 0.159. The molecule has 0 unspecified atom stereocenters. The number of pyridine rings is 1. The van der Waals surface area contributed by atoms with Crippen LogP contribution in [0.25, 0.3) is 10.9 Å². The summed E-state index contributed by atoms with van der Waals surface area (Å²) in [6, 6.07) is 20.6. The maximum Gasteiger partial charge on any atom is 0.263 e. The maximum absolute atomic E-state index is 12.7. The molecule has 10 heteroatoms. The number of rotatable bonds is 13. The number of para-hydroxylation sites is 2. The largest absolute Gasteiger partial charge is 0.493 e. The molecule has 0 atom stereocenters. The van der Waals surface area contributed by atoms with Crippen molar-refractivity contribution in [3.63, 3.8) is 0 Å². The van der Waals surface area contributed by atoms with Gasteiger partial charge in [-0.2, -0.15) is 5.26 Å². The summed E-state index contributed by atoms with van der Waals surface area (Å²) >= 11 is 5.78. The van der Waals surface area contributed by atoms with E-state index in [1.54, 1.807) is 39.2 Å². The third-order valence-electron chi connectivity index (χ3n) is 6.83. The molecule has 5 rings (SSSR count). The highest BCUT2D eigenvalue weighted by molar-refractivity contribution is 6.17. The van der Waals surface area contributed by atoms with Crippen molar-refractivity contribution in [2.45, 2.75) is 44.8 Å². The van der Waals surface area contributed by atoms with Crippen LogP contribution in [0.15, 0.2) is 66.9 Å². The molecule has 1 aliphatic rings. The molecule has 222 valence electrons. The first-order chi connectivity index (χ1) is 20.8. The first-order valence-corrected chi connectivity index (χ1v) is 14.6. The monoisotopic (exact) mass is 600 g/mol. The van der Waals surface area contributed by atoms with Crippen molar-refractivity contribution in [2.24, 2.45) is 0 Å². The van der Waals surface area contributed by atoms with Crippen LogP contribution in [-0.4, -0.2) is 42.1 Å². The molecule has 4 aromatic rings. The van der Waals surface area contributed by atoms with Crippen LogP contribution in [0.4, 0.5) is 11.4 Å². The lowest BCUT2D eigenvalue weighted by Crippen LogP contribution is -2.47. The molecule has 0 bridgehead atoms. The predicted octanol–water partition coefficient (Wildman–Crippen LogP) is 7.09. The van der Waals surface area contributed by atoms with Gasteiger partial charge in [0.15, 0.2) is 28.6 Å². The molecule has 1 amide bonds. The number of anilines is 2. The lowest BCUT2D eigenvalue weighted by atomic mass is 10.1. The second-order valence-corrected chi connectivity index (χ2v) is 11.0. The fraction of sp³-hybridized carbons (Fsp3) is 0.303. The van der Waals surface area contributed by atoms with Crippen molar-refractivity contribution in [3.8, 4) is 34.8 Å². The molecule has 1 saturated carbocycles. The predicted molar refractivity (Wildman–Crippen MR) is 166 cm³/mol. The summed E-state index contributed by atoms with van der Waals surface area (Å²) in [4.78, 5) is 17.1. The third-order valence-corrected chi connectivity index (χ3v) is 7.10. The van der Waals surface area contributed by atoms with E-state index < -0.39 is 5.60 Å². The minimum atomic E-state index is -1.07. The number of alkyl halides is 1. The molecule has 1 aliphatic carbocycles. The van der Waals surface area contributed by atoms with Gasteiger partial charge in [0, 0.05) is 35.3 Å². The van der Waals surface area contributed by atoms with Crippen molar-refractivity contribution < 1.29 is 23.7 Å². The Kier molecular flexibility index (Phi) is 9.07. The van der Waals surface area contributed by atoms with Crippen LogP contribution in [-0.2, 0) is 4.79 Å². The van der Waals surface area contributed by atoms with E-state index in [9.17, 15) is 10.1 Å². The summed E-state index contributed by atoms with van der Waals surface area (Å²) in [5.74, 6) is 2.94. The van der Waals surface area contributed by atoms with Gasteiger partial charge in [-0.05, 0) is 75.6 Å². The van der Waals surface area contributed by atoms with Crippen molar-refractivity contribution in [1.82, 2.24) is 10.3 Å². The van der Waals surface area contributed by atoms with Gasteiger partial charge in [0.05, 0.1) is 30.5 Å². The van der Waals surface area contributed by atoms with E-state index in [0.29, 0.717) is 69.8 Å². The van der Waals surface area contributed by atoms with Gasteiger partial charge in [0.25, 0.3) is 5.91 Å². The third kappa shape index (κ3) is 7.22. The molecule has 2 N–H and O–H groups in total. The van der Waals surface area contributed by atoms with E-state index >= 15 is 0 Å². The lowest BCUT2D eigenvalue weighted by Gasteiger charge is -2.26. The number of carbonyl (C=O) groups excluding carboxylic acids is 1. The summed E-state index contributed by atoms with van der Waals surface area (Å²) in [5.41, 5.74) is 1.29. The Hall–Kier alpha value is -4.68. The van der Waals surface area contributed by atoms with Gasteiger partial charge in [-0.1, -0.05) is 12.1 Å². The number of fused-ring (bicyclic) bond motifs is 1. The van der Waals surface area contributed by atoms with Gasteiger partial charge in [-0.25, -0.2) is 0 Å². The Morgan fingerprint density at radius 3 is 2.49 bits per heavy atom. The second-order valence-electron chi connectivity index (χ2n) is 10.6. The Bertz CT molecular complexity index is 1650. The fourth-order valence-corrected chi connectivity index (χ4v) is 4.44. The topological polar surface area (TPSA) is 115 Å². The maximum atomic E-state index is 12.7. The van der Waals surface area contributed by atoms with Gasteiger partial charge >= 0.3 is 0 Å². The molecule has 1 aromatic heterocycles. The smallest absolute Gasteiger partial charge is 0.263 e. The normalized spacial score (nSPS) is 12.7. The first kappa shape index (κ1) is 29.8. The highest BCUT2D eigenvalue weighted by Gasteiger charge is 2.35. The Balaban J connectivity index is 1.35. The number of aromatic nitrogens is 1. The van der Waals surface area contributed by atoms with Gasteiger partial charge in [0.2, 0.25) is 0 Å². The first-order valence-electron chi connectivity index (χ1n) is 14.0. The molecule has 43 heavy (non-hydrogen) atoms. The van der Waals surface area contributed by atoms with Crippen molar-refractivity contribution >= 4 is 39.8 Å². The molecule has 0 aliphatic heterocycles. The second kappa shape index (κ2) is 13.1. The van der Waals surface area contributed by atoms with Crippen molar-refractivity contribution in [3.05, 3.63) is 72.4 Å². The fourth-order valence-electron chi connectivity index (χ4n) is 4.33. The van der Waals surface area contributed by atoms with Crippen LogP contribution in [0.1, 0.15) is 38.7 Å². The van der Waals surface area contributed by atoms with Gasteiger partial charge < -0.3 is 29.6 Å². The average Bonchev–Trinajstić information content (AvgIpc) is 3.83. The number of hydrogen-bond acceptors (Lipinski definition) is 8. The Morgan fingerprint density at radius 1 is 1.07 bits per heavy atom. The van der Waals surface area contributed by atoms with E-state index in [1.807, 2.05) is 42.5 Å². The van der Waals surface area contributed by atoms with Crippen molar-refractivity contribution in [1.29, 1.82) is 5.26 Å². The summed E-state index contributed by atoms with van der Waals surface area (Å²) in [7, 11) is 1.57. The van der Waals surface area contributed by atoms with Crippen LogP contribution >= 0.6 is 11.6 Å². The van der Waals surface area contributed by atoms with E-state index in [4.69, 9.17) is 30.5 Å². The molecule has 1 heterocycles. The summed E-state index contributed by atoms with van der Waals surface area (Å²) in [5, 5.41) is 16.9. The van der Waals surface area contributed by atoms with Gasteiger partial charge in [-0.15, -0.1) is 11.6 Å². The number of benzene rings is 3. The average molecular weight is 601 g/mol. The number of hydrogen-bond donors (Lipinski definition) is 2. The molecule has 9 nitrogen and oxygen atoms in total. The summed E-state index contributed by atoms with van der Waals surface area (Å²) in [6.45, 7) is 3.93. The van der Waals surface area contributed by atoms with Gasteiger partial charge in [0.1, 0.15) is 11.8 Å². The molecule has 0 radical (unpaired) electrons. The van der Waals surface area contributed by atoms with Crippen molar-refractivity contribution in [2.75, 3.05) is 24.9 Å². The molecule has 0 spiro atoms. The number of halogens is 1. The molecule has 1 fully saturated rings. The number of nitrogens with one attached hydrogen (secondary N) is 2. The number of amides is 1. The lowest BCUT2D eigenvalue weighted by molar-refractivity contribution is -0.134. The zero-order valence-corrected chi connectivity index (χ0v) is 25.0. The van der Waals surface area contributed by atoms with Crippen LogP contribution in [0.2, 0.25) is 0 Å². The zero-order valence-electron chi connectivity index (χ0n) is 24.3. The van der Waals surface area contributed by atoms with E-state index in [-0.39, 0.29) is 11.9 Å².